The van der Waals surface area contributed by atoms with E-state index in [1.807, 2.05) is 6.92 Å². The summed E-state index contributed by atoms with van der Waals surface area (Å²) in [6.07, 6.45) is -38.9. The van der Waals surface area contributed by atoms with Crippen molar-refractivity contribution in [3.8, 4) is 0 Å². The van der Waals surface area contributed by atoms with Gasteiger partial charge in [-0.2, -0.15) is 0 Å². The van der Waals surface area contributed by atoms with Crippen LogP contribution in [0.25, 0.3) is 0 Å². The summed E-state index contributed by atoms with van der Waals surface area (Å²) in [5.74, 6) is 2.43. The fraction of sp³-hybridized carbons (Fsp3) is 0.965. The van der Waals surface area contributed by atoms with Crippen LogP contribution in [0.2, 0.25) is 0 Å². The molecule has 0 radical (unpaired) electrons. The van der Waals surface area contributed by atoms with E-state index in [1.54, 1.807) is 0 Å². The molecule has 29 heteroatoms. The summed E-state index contributed by atoms with van der Waals surface area (Å²) in [7, 11) is 0. The molecule has 18 N–H and O–H groups in total. The van der Waals surface area contributed by atoms with Crippen molar-refractivity contribution in [2.24, 2.45) is 46.3 Å². The highest BCUT2D eigenvalue weighted by Crippen LogP contribution is 2.70. The molecule has 10 aliphatic rings. The molecule has 86 heavy (non-hydrogen) atoms. The van der Waals surface area contributed by atoms with Crippen LogP contribution < -0.4 is 0 Å². The van der Waals surface area contributed by atoms with Crippen molar-refractivity contribution in [1.82, 2.24) is 0 Å². The Morgan fingerprint density at radius 2 is 0.977 bits per heavy atom. The molecule has 0 aromatic rings. The molecule has 0 aromatic heterocycles. The summed E-state index contributed by atoms with van der Waals surface area (Å²) in [5.41, 5.74) is 0.982. The van der Waals surface area contributed by atoms with E-state index in [0.717, 1.165) is 44.3 Å². The first kappa shape index (κ1) is 67.3. The second-order valence-electron chi connectivity index (χ2n) is 26.7. The van der Waals surface area contributed by atoms with Crippen molar-refractivity contribution >= 4 is 0 Å². The normalized spacial score (nSPS) is 53.5. The fourth-order valence-electron chi connectivity index (χ4n) is 16.7. The van der Waals surface area contributed by atoms with E-state index >= 15 is 0 Å². The Morgan fingerprint density at radius 3 is 1.56 bits per heavy atom. The number of aliphatic hydroxyl groups excluding tert-OH is 18. The molecule has 6 aliphatic heterocycles. The molecule has 0 amide bonds. The van der Waals surface area contributed by atoms with Crippen LogP contribution in [0.5, 0.6) is 0 Å². The predicted octanol–water partition coefficient (Wildman–Crippen LogP) is -6.21. The van der Waals surface area contributed by atoms with Gasteiger partial charge in [0, 0.05) is 12.3 Å². The smallest absolute Gasteiger partial charge is 0.187 e. The van der Waals surface area contributed by atoms with Gasteiger partial charge in [-0.05, 0) is 104 Å². The first-order valence-electron chi connectivity index (χ1n) is 30.6. The lowest BCUT2D eigenvalue weighted by molar-refractivity contribution is -0.407. The van der Waals surface area contributed by atoms with E-state index in [0.29, 0.717) is 37.0 Å². The third kappa shape index (κ3) is 12.3. The zero-order valence-corrected chi connectivity index (χ0v) is 48.8. The Bertz CT molecular complexity index is 2250. The van der Waals surface area contributed by atoms with Crippen molar-refractivity contribution in [2.45, 2.75) is 257 Å². The molecule has 0 bridgehead atoms. The topological polar surface area (TPSA) is 466 Å². The average Bonchev–Trinajstić information content (AvgIpc) is 1.46. The molecule has 29 nitrogen and oxygen atoms in total. The standard InChI is InChI=1S/C57H94O29/c1-20(19-76-51-44(72)40(68)36(64)30(14-58)79-51)5-8-27-21(2)35-29(77-27)12-25-23-7-6-22-11-28(26(63)13-57(22,4)24(23)9-10-56(25,35)3)78-52-47(75)43(71)48(34(18-62)83-52)84-55-50(86-54-46(74)42(70)38(66)32(16-60)81-54)49(39(67)33(17-61)82-55)85-53-45(73)41(69)37(65)31(15-59)80-53/h20,22-26,28-55,58-75H,5-19H2,1-4H3/t20-,22-,23+,24-,25-,26+,28+,29-,30+,31+,32+,33+,34+,35-,36+,37+,38+,39+,40-,41-,42-,43+,44+,45+,46+,47+,48-,49-,50+,51+,52+,53-,54-,55-,56-,57-/m0/s1. The van der Waals surface area contributed by atoms with Gasteiger partial charge in [-0.1, -0.05) is 20.8 Å². The molecule has 36 atom stereocenters. The first-order chi connectivity index (χ1) is 40.8. The number of allylic oxidation sites excluding steroid dienone is 1. The van der Waals surface area contributed by atoms with Crippen LogP contribution in [0.15, 0.2) is 11.3 Å². The largest absolute Gasteiger partial charge is 0.494 e. The first-order valence-corrected chi connectivity index (χ1v) is 30.6. The zero-order chi connectivity index (χ0) is 62.2. The second-order valence-corrected chi connectivity index (χ2v) is 26.7. The second kappa shape index (κ2) is 27.2. The Morgan fingerprint density at radius 1 is 0.488 bits per heavy atom. The number of aliphatic hydroxyl groups is 18. The van der Waals surface area contributed by atoms with Gasteiger partial charge in [0.2, 0.25) is 0 Å². The van der Waals surface area contributed by atoms with Crippen molar-refractivity contribution in [2.75, 3.05) is 39.6 Å². The summed E-state index contributed by atoms with van der Waals surface area (Å²) in [6, 6.07) is 0. The maximum atomic E-state index is 12.0. The molecule has 4 saturated carbocycles. The molecule has 9 fully saturated rings. The van der Waals surface area contributed by atoms with Crippen LogP contribution >= 0.6 is 0 Å². The van der Waals surface area contributed by atoms with Crippen LogP contribution in [0.4, 0.5) is 0 Å². The Balaban J connectivity index is 0.780. The van der Waals surface area contributed by atoms with E-state index in [2.05, 4.69) is 20.8 Å². The zero-order valence-electron chi connectivity index (χ0n) is 48.8. The minimum absolute atomic E-state index is 0.00949. The maximum absolute atomic E-state index is 12.0. The lowest BCUT2D eigenvalue weighted by atomic mass is 9.44. The summed E-state index contributed by atoms with van der Waals surface area (Å²) >= 11 is 0. The molecule has 10 rings (SSSR count). The van der Waals surface area contributed by atoms with Gasteiger partial charge in [-0.15, -0.1) is 0 Å². The monoisotopic (exact) mass is 1240 g/mol. The van der Waals surface area contributed by atoms with Gasteiger partial charge in [0.05, 0.1) is 57.6 Å². The van der Waals surface area contributed by atoms with Gasteiger partial charge in [0.25, 0.3) is 0 Å². The molecule has 5 saturated heterocycles. The quantitative estimate of drug-likeness (QED) is 0.0535. The molecule has 0 unspecified atom stereocenters. The molecular weight excluding hydrogens is 1150 g/mol. The highest BCUT2D eigenvalue weighted by atomic mass is 16.8. The van der Waals surface area contributed by atoms with Gasteiger partial charge in [-0.3, -0.25) is 0 Å². The van der Waals surface area contributed by atoms with E-state index in [9.17, 15) is 91.9 Å². The predicted molar refractivity (Wildman–Crippen MR) is 284 cm³/mol. The summed E-state index contributed by atoms with van der Waals surface area (Å²) in [4.78, 5) is 0. The summed E-state index contributed by atoms with van der Waals surface area (Å²) in [6.45, 7) is 4.92. The van der Waals surface area contributed by atoms with Gasteiger partial charge in [0.15, 0.2) is 31.5 Å². The number of ether oxygens (including phenoxy) is 11. The third-order valence-electron chi connectivity index (χ3n) is 21.6. The maximum Gasteiger partial charge on any atom is 0.187 e. The van der Waals surface area contributed by atoms with Crippen molar-refractivity contribution in [1.29, 1.82) is 0 Å². The Hall–Kier alpha value is -1.58. The highest BCUT2D eigenvalue weighted by Gasteiger charge is 2.66. The number of hydrogen-bond acceptors (Lipinski definition) is 29. The molecule has 0 aromatic carbocycles. The lowest BCUT2D eigenvalue weighted by Crippen LogP contribution is -2.69. The van der Waals surface area contributed by atoms with E-state index in [-0.39, 0.29) is 41.3 Å². The molecule has 0 spiro atoms. The van der Waals surface area contributed by atoms with Crippen LogP contribution in [-0.2, 0) is 52.1 Å². The number of rotatable bonds is 19. The van der Waals surface area contributed by atoms with Crippen molar-refractivity contribution in [3.63, 3.8) is 0 Å². The number of hydrogen-bond donors (Lipinski definition) is 18. The van der Waals surface area contributed by atoms with E-state index < -0.39 is 199 Å². The molecule has 4 aliphatic carbocycles. The van der Waals surface area contributed by atoms with Crippen LogP contribution in [-0.4, -0.2) is 303 Å². The van der Waals surface area contributed by atoms with Crippen molar-refractivity contribution in [3.05, 3.63) is 11.3 Å². The van der Waals surface area contributed by atoms with Gasteiger partial charge in [0.1, 0.15) is 128 Å². The molecule has 496 valence electrons. The number of fused-ring (bicyclic) bond motifs is 7. The summed E-state index contributed by atoms with van der Waals surface area (Å²) < 4.78 is 65.9. The van der Waals surface area contributed by atoms with Crippen LogP contribution in [0.1, 0.15) is 85.5 Å². The molecular formula is C57H94O29. The van der Waals surface area contributed by atoms with Gasteiger partial charge < -0.3 is 144 Å². The lowest BCUT2D eigenvalue weighted by Gasteiger charge is -2.61. The minimum atomic E-state index is -2.08. The fourth-order valence-corrected chi connectivity index (χ4v) is 16.7. The molecule has 6 heterocycles. The van der Waals surface area contributed by atoms with E-state index in [1.165, 1.54) is 5.57 Å². The average molecular weight is 1240 g/mol. The van der Waals surface area contributed by atoms with E-state index in [4.69, 9.17) is 52.1 Å². The Labute approximate surface area is 497 Å². The third-order valence-corrected chi connectivity index (χ3v) is 21.6. The van der Waals surface area contributed by atoms with Gasteiger partial charge in [-0.25, -0.2) is 0 Å². The van der Waals surface area contributed by atoms with Gasteiger partial charge >= 0.3 is 0 Å². The highest BCUT2D eigenvalue weighted by molar-refractivity contribution is 5.27. The minimum Gasteiger partial charge on any atom is -0.494 e. The summed E-state index contributed by atoms with van der Waals surface area (Å²) in [5, 5.41) is 193. The van der Waals surface area contributed by atoms with Crippen LogP contribution in [0.3, 0.4) is 0 Å². The SMILES string of the molecule is CC1=C(CC[C@H](C)CO[C@@H]2O[C@H](CO)[C@@H](O)[C@H](O)[C@H]2O)O[C@H]2C[C@H]3[C@@H]4CC[C@H]5C[C@@H](O[C@@H]6O[C@H](CO)[C@H](O[C@@H]7O[C@H](CO)[C@@H](O)[C@H](O[C@@H]8O[C@H](CO)[C@@H](O)[C@H](O)[C@H]8O)[C@H]7O[C@@H]7O[C@H](CO)[C@@H](O)[C@H](O)[C@H]7O)[C@H](O)[C@H]6O)[C@H](O)C[C@]5(C)[C@H]4CC[C@]3(C)[C@@H]12. The van der Waals surface area contributed by atoms with Crippen LogP contribution in [0, 0.1) is 46.3 Å². The van der Waals surface area contributed by atoms with Crippen molar-refractivity contribution < 1.29 is 144 Å². The Kier molecular flexibility index (Phi) is 21.3.